The van der Waals surface area contributed by atoms with Crippen LogP contribution < -0.4 is 10.9 Å². The van der Waals surface area contributed by atoms with Crippen LogP contribution in [0.4, 0.5) is 0 Å². The average Bonchev–Trinajstić information content (AvgIpc) is 3.21. The molecule has 4 rings (SSSR count). The summed E-state index contributed by atoms with van der Waals surface area (Å²) in [5.74, 6) is 0.121. The molecule has 0 aliphatic heterocycles. The fourth-order valence-corrected chi connectivity index (χ4v) is 6.53. The van der Waals surface area contributed by atoms with Crippen molar-refractivity contribution in [3.8, 4) is 0 Å². The summed E-state index contributed by atoms with van der Waals surface area (Å²) in [5.41, 5.74) is 2.32. The largest absolute Gasteiger partial charge is 0.383 e. The van der Waals surface area contributed by atoms with Crippen LogP contribution in [0.25, 0.3) is 10.2 Å². The van der Waals surface area contributed by atoms with Gasteiger partial charge >= 0.3 is 0 Å². The predicted molar refractivity (Wildman–Crippen MR) is 139 cm³/mol. The third-order valence-electron chi connectivity index (χ3n) is 6.19. The fourth-order valence-electron chi connectivity index (χ4n) is 4.38. The molecule has 1 aromatic carbocycles. The van der Waals surface area contributed by atoms with Crippen molar-refractivity contribution >= 4 is 39.2 Å². The number of aryl methyl sites for hydroxylation is 2. The molecule has 0 bridgehead atoms. The molecule has 0 unspecified atom stereocenters. The highest BCUT2D eigenvalue weighted by molar-refractivity contribution is 7.99. The van der Waals surface area contributed by atoms with Crippen LogP contribution in [0.2, 0.25) is 0 Å². The van der Waals surface area contributed by atoms with E-state index in [0.717, 1.165) is 41.5 Å². The van der Waals surface area contributed by atoms with Crippen molar-refractivity contribution in [3.63, 3.8) is 0 Å². The standard InChI is InChI=1S/C25H32N4O3S2/c1-28(2)19(17-9-5-4-6-10-17)15-26-21(30)16-33-25-27-23-22(24(31)29(25)13-14-32-3)18-11-7-8-12-20(18)34-23/h4-6,9-10,19H,7-8,11-16H2,1-3H3,(H,26,30)/t19-/m0/s1. The number of amides is 1. The van der Waals surface area contributed by atoms with Gasteiger partial charge in [0.1, 0.15) is 4.83 Å². The first kappa shape index (κ1) is 24.9. The molecule has 3 aromatic rings. The SMILES string of the molecule is COCCn1c(SCC(=O)NC[C@@H](c2ccccc2)N(C)C)nc2sc3c(c2c1=O)CCCC3. The van der Waals surface area contributed by atoms with E-state index in [-0.39, 0.29) is 23.3 Å². The number of hydrogen-bond donors (Lipinski definition) is 1. The summed E-state index contributed by atoms with van der Waals surface area (Å²) >= 11 is 2.95. The molecule has 7 nitrogen and oxygen atoms in total. The molecule has 1 aliphatic carbocycles. The Kier molecular flexibility index (Phi) is 8.41. The van der Waals surface area contributed by atoms with Gasteiger partial charge in [-0.3, -0.25) is 14.2 Å². The van der Waals surface area contributed by atoms with E-state index in [1.807, 2.05) is 32.3 Å². The van der Waals surface area contributed by atoms with E-state index in [4.69, 9.17) is 9.72 Å². The minimum Gasteiger partial charge on any atom is -0.383 e. The van der Waals surface area contributed by atoms with Crippen LogP contribution in [-0.2, 0) is 28.9 Å². The first-order chi connectivity index (χ1) is 16.5. The quantitative estimate of drug-likeness (QED) is 0.339. The van der Waals surface area contributed by atoms with Crippen molar-refractivity contribution < 1.29 is 9.53 Å². The smallest absolute Gasteiger partial charge is 0.263 e. The van der Waals surface area contributed by atoms with E-state index in [0.29, 0.717) is 24.9 Å². The summed E-state index contributed by atoms with van der Waals surface area (Å²) in [4.78, 5) is 35.2. The second-order valence-electron chi connectivity index (χ2n) is 8.72. The van der Waals surface area contributed by atoms with Gasteiger partial charge in [0, 0.05) is 18.5 Å². The molecule has 2 heterocycles. The van der Waals surface area contributed by atoms with Gasteiger partial charge in [-0.2, -0.15) is 0 Å². The number of hydrogen-bond acceptors (Lipinski definition) is 7. The number of thiophene rings is 1. The van der Waals surface area contributed by atoms with Gasteiger partial charge in [-0.25, -0.2) is 4.98 Å². The Morgan fingerprint density at radius 2 is 2.03 bits per heavy atom. The number of carbonyl (C=O) groups is 1. The van der Waals surface area contributed by atoms with Gasteiger partial charge in [-0.15, -0.1) is 11.3 Å². The monoisotopic (exact) mass is 500 g/mol. The van der Waals surface area contributed by atoms with Crippen molar-refractivity contribution in [2.45, 2.75) is 43.4 Å². The number of methoxy groups -OCH3 is 1. The molecule has 1 aliphatic rings. The second-order valence-corrected chi connectivity index (χ2v) is 10.7. The molecule has 0 saturated carbocycles. The lowest BCUT2D eigenvalue weighted by molar-refractivity contribution is -0.118. The molecular formula is C25H32N4O3S2. The van der Waals surface area contributed by atoms with E-state index in [2.05, 4.69) is 22.3 Å². The number of likely N-dealkylation sites (N-methyl/N-ethyl adjacent to an activating group) is 1. The molecule has 1 amide bonds. The van der Waals surface area contributed by atoms with E-state index < -0.39 is 0 Å². The predicted octanol–water partition coefficient (Wildman–Crippen LogP) is 3.49. The van der Waals surface area contributed by atoms with Crippen LogP contribution in [-0.4, -0.2) is 60.5 Å². The molecule has 1 atom stereocenters. The van der Waals surface area contributed by atoms with Crippen LogP contribution in [0.15, 0.2) is 40.3 Å². The minimum absolute atomic E-state index is 0.0129. The number of aromatic nitrogens is 2. The van der Waals surface area contributed by atoms with Crippen LogP contribution in [0.3, 0.4) is 0 Å². The lowest BCUT2D eigenvalue weighted by atomic mass is 9.97. The van der Waals surface area contributed by atoms with Gasteiger partial charge in [0.25, 0.3) is 5.56 Å². The summed E-state index contributed by atoms with van der Waals surface area (Å²) in [6.07, 6.45) is 4.24. The third kappa shape index (κ3) is 5.54. The van der Waals surface area contributed by atoms with Crippen LogP contribution in [0, 0.1) is 0 Å². The van der Waals surface area contributed by atoms with E-state index in [9.17, 15) is 9.59 Å². The third-order valence-corrected chi connectivity index (χ3v) is 8.35. The van der Waals surface area contributed by atoms with Crippen LogP contribution >= 0.6 is 23.1 Å². The maximum absolute atomic E-state index is 13.4. The number of fused-ring (bicyclic) bond motifs is 3. The highest BCUT2D eigenvalue weighted by Gasteiger charge is 2.23. The van der Waals surface area contributed by atoms with Crippen LogP contribution in [0.5, 0.6) is 0 Å². The Hall–Kier alpha value is -2.20. The summed E-state index contributed by atoms with van der Waals surface area (Å²) in [6.45, 7) is 1.35. The molecule has 0 radical (unpaired) electrons. The lowest BCUT2D eigenvalue weighted by Gasteiger charge is -2.25. The number of thioether (sulfide) groups is 1. The molecule has 1 N–H and O–H groups in total. The Balaban J connectivity index is 1.49. The van der Waals surface area contributed by atoms with E-state index in [1.165, 1.54) is 22.2 Å². The van der Waals surface area contributed by atoms with Crippen LogP contribution in [0.1, 0.15) is 34.9 Å². The van der Waals surface area contributed by atoms with Crippen molar-refractivity contribution in [1.82, 2.24) is 19.8 Å². The molecular weight excluding hydrogens is 468 g/mol. The van der Waals surface area contributed by atoms with Crippen molar-refractivity contribution in [2.24, 2.45) is 0 Å². The van der Waals surface area contributed by atoms with Gasteiger partial charge in [0.15, 0.2) is 5.16 Å². The number of carbonyl (C=O) groups excluding carboxylic acids is 1. The normalized spacial score (nSPS) is 14.4. The number of nitrogens with zero attached hydrogens (tertiary/aromatic N) is 3. The second kappa shape index (κ2) is 11.5. The highest BCUT2D eigenvalue weighted by Crippen LogP contribution is 2.34. The fraction of sp³-hybridized carbons (Fsp3) is 0.480. The molecule has 9 heteroatoms. The minimum atomic E-state index is -0.0779. The van der Waals surface area contributed by atoms with E-state index in [1.54, 1.807) is 23.0 Å². The maximum atomic E-state index is 13.4. The molecule has 0 spiro atoms. The average molecular weight is 501 g/mol. The van der Waals surface area contributed by atoms with Gasteiger partial charge in [0.2, 0.25) is 5.91 Å². The zero-order chi connectivity index (χ0) is 24.1. The highest BCUT2D eigenvalue weighted by atomic mass is 32.2. The summed E-state index contributed by atoms with van der Waals surface area (Å²) in [6, 6.07) is 10.2. The topological polar surface area (TPSA) is 76.5 Å². The first-order valence-corrected chi connectivity index (χ1v) is 13.4. The lowest BCUT2D eigenvalue weighted by Crippen LogP contribution is -2.35. The Bertz CT molecular complexity index is 1190. The molecule has 0 fully saturated rings. The van der Waals surface area contributed by atoms with Gasteiger partial charge in [-0.1, -0.05) is 42.1 Å². The summed E-state index contributed by atoms with van der Waals surface area (Å²) in [7, 11) is 5.64. The first-order valence-electron chi connectivity index (χ1n) is 11.6. The van der Waals surface area contributed by atoms with Gasteiger partial charge in [-0.05, 0) is 50.9 Å². The Morgan fingerprint density at radius 1 is 1.26 bits per heavy atom. The zero-order valence-corrected chi connectivity index (χ0v) is 21.6. The molecule has 0 saturated heterocycles. The van der Waals surface area contributed by atoms with Crippen molar-refractivity contribution in [1.29, 1.82) is 0 Å². The molecule has 34 heavy (non-hydrogen) atoms. The number of rotatable bonds is 10. The maximum Gasteiger partial charge on any atom is 0.263 e. The molecule has 182 valence electrons. The van der Waals surface area contributed by atoms with Crippen molar-refractivity contribution in [2.75, 3.05) is 40.1 Å². The van der Waals surface area contributed by atoms with Gasteiger partial charge in [0.05, 0.1) is 30.3 Å². The molecule has 2 aromatic heterocycles. The summed E-state index contributed by atoms with van der Waals surface area (Å²) in [5, 5.41) is 4.39. The number of ether oxygens (including phenoxy) is 1. The van der Waals surface area contributed by atoms with E-state index >= 15 is 0 Å². The Labute approximate surface area is 208 Å². The Morgan fingerprint density at radius 3 is 2.76 bits per heavy atom. The van der Waals surface area contributed by atoms with Crippen molar-refractivity contribution in [3.05, 3.63) is 56.7 Å². The number of nitrogens with one attached hydrogen (secondary N) is 1. The number of benzene rings is 1. The summed E-state index contributed by atoms with van der Waals surface area (Å²) < 4.78 is 6.92. The zero-order valence-electron chi connectivity index (χ0n) is 20.0. The van der Waals surface area contributed by atoms with Gasteiger partial charge < -0.3 is 15.0 Å².